The van der Waals surface area contributed by atoms with Crippen LogP contribution in [0, 0.1) is 5.82 Å². The Balaban J connectivity index is 1.78. The molecule has 0 saturated heterocycles. The van der Waals surface area contributed by atoms with Gasteiger partial charge in [-0.25, -0.2) is 4.39 Å². The first-order valence-corrected chi connectivity index (χ1v) is 7.08. The molecule has 0 aliphatic rings. The zero-order valence-corrected chi connectivity index (χ0v) is 12.7. The monoisotopic (exact) mass is 361 g/mol. The molecule has 3 rings (SSSR count). The molecule has 110 valence electrons. The Morgan fingerprint density at radius 2 is 1.82 bits per heavy atom. The van der Waals surface area contributed by atoms with Gasteiger partial charge in [-0.15, -0.1) is 5.10 Å². The van der Waals surface area contributed by atoms with Crippen LogP contribution in [-0.2, 0) is 0 Å². The van der Waals surface area contributed by atoms with Crippen LogP contribution in [0.5, 0.6) is 0 Å². The Morgan fingerprint density at radius 3 is 2.55 bits per heavy atom. The molecule has 1 amide bonds. The van der Waals surface area contributed by atoms with E-state index >= 15 is 0 Å². The van der Waals surface area contributed by atoms with Crippen LogP contribution in [0.1, 0.15) is 10.4 Å². The van der Waals surface area contributed by atoms with Gasteiger partial charge >= 0.3 is 6.01 Å². The second-order valence-corrected chi connectivity index (χ2v) is 5.27. The first-order valence-electron chi connectivity index (χ1n) is 6.29. The number of hydrogen-bond acceptors (Lipinski definition) is 4. The molecule has 0 fully saturated rings. The number of anilines is 1. The predicted molar refractivity (Wildman–Crippen MR) is 81.8 cm³/mol. The normalized spacial score (nSPS) is 10.5. The molecular weight excluding hydrogens is 353 g/mol. The molecule has 1 N–H and O–H groups in total. The van der Waals surface area contributed by atoms with Crippen LogP contribution in [0.25, 0.3) is 11.5 Å². The van der Waals surface area contributed by atoms with Gasteiger partial charge in [0.2, 0.25) is 5.89 Å². The van der Waals surface area contributed by atoms with Gasteiger partial charge in [0, 0.05) is 10.0 Å². The van der Waals surface area contributed by atoms with Gasteiger partial charge in [-0.3, -0.25) is 10.1 Å². The first kappa shape index (κ1) is 14.4. The van der Waals surface area contributed by atoms with Crippen LogP contribution >= 0.6 is 15.9 Å². The van der Waals surface area contributed by atoms with E-state index in [1.807, 2.05) is 12.1 Å². The van der Waals surface area contributed by atoms with Crippen molar-refractivity contribution in [2.75, 3.05) is 5.32 Å². The van der Waals surface area contributed by atoms with Crippen LogP contribution < -0.4 is 5.32 Å². The van der Waals surface area contributed by atoms with E-state index in [0.717, 1.165) is 4.47 Å². The number of hydrogen-bond donors (Lipinski definition) is 1. The Bertz CT molecular complexity index is 818. The fourth-order valence-corrected chi connectivity index (χ4v) is 2.06. The summed E-state index contributed by atoms with van der Waals surface area (Å²) in [7, 11) is 0. The number of benzene rings is 2. The van der Waals surface area contributed by atoms with Crippen molar-refractivity contribution < 1.29 is 13.6 Å². The van der Waals surface area contributed by atoms with Gasteiger partial charge in [0.25, 0.3) is 5.91 Å². The fourth-order valence-electron chi connectivity index (χ4n) is 1.79. The van der Waals surface area contributed by atoms with E-state index in [1.165, 1.54) is 18.2 Å². The number of nitrogens with one attached hydrogen (secondary N) is 1. The third kappa shape index (κ3) is 3.04. The maximum atomic E-state index is 13.5. The standard InChI is InChI=1S/C15H9BrFN3O2/c16-10-7-5-9(6-8-10)14-19-20-15(22-14)18-13(21)11-3-1-2-4-12(11)17/h1-8H,(H,18,20,21). The highest BCUT2D eigenvalue weighted by molar-refractivity contribution is 9.10. The van der Waals surface area contributed by atoms with Crippen molar-refractivity contribution in [1.82, 2.24) is 10.2 Å². The number of aromatic nitrogens is 2. The molecule has 0 aliphatic heterocycles. The SMILES string of the molecule is O=C(Nc1nnc(-c2ccc(Br)cc2)o1)c1ccccc1F. The Labute approximate surface area is 133 Å². The van der Waals surface area contributed by atoms with Gasteiger partial charge in [-0.1, -0.05) is 33.2 Å². The van der Waals surface area contributed by atoms with Crippen LogP contribution in [-0.4, -0.2) is 16.1 Å². The van der Waals surface area contributed by atoms with Crippen molar-refractivity contribution in [2.24, 2.45) is 0 Å². The van der Waals surface area contributed by atoms with E-state index in [-0.39, 0.29) is 17.5 Å². The molecule has 1 aromatic heterocycles. The molecule has 0 saturated carbocycles. The highest BCUT2D eigenvalue weighted by atomic mass is 79.9. The van der Waals surface area contributed by atoms with E-state index in [0.29, 0.717) is 5.56 Å². The average molecular weight is 362 g/mol. The molecule has 2 aromatic carbocycles. The second-order valence-electron chi connectivity index (χ2n) is 4.35. The van der Waals surface area contributed by atoms with Gasteiger partial charge in [0.15, 0.2) is 0 Å². The van der Waals surface area contributed by atoms with Crippen LogP contribution in [0.2, 0.25) is 0 Å². The summed E-state index contributed by atoms with van der Waals surface area (Å²) in [4.78, 5) is 11.9. The van der Waals surface area contributed by atoms with Crippen molar-refractivity contribution in [3.8, 4) is 11.5 Å². The lowest BCUT2D eigenvalue weighted by Crippen LogP contribution is -2.13. The molecule has 0 bridgehead atoms. The van der Waals surface area contributed by atoms with Crippen LogP contribution in [0.15, 0.2) is 57.4 Å². The molecule has 0 aliphatic carbocycles. The Morgan fingerprint density at radius 1 is 1.09 bits per heavy atom. The van der Waals surface area contributed by atoms with Gasteiger partial charge < -0.3 is 4.42 Å². The van der Waals surface area contributed by atoms with Gasteiger partial charge in [-0.05, 0) is 36.4 Å². The highest BCUT2D eigenvalue weighted by Crippen LogP contribution is 2.22. The zero-order chi connectivity index (χ0) is 15.5. The van der Waals surface area contributed by atoms with E-state index in [9.17, 15) is 9.18 Å². The smallest absolute Gasteiger partial charge is 0.322 e. The molecule has 5 nitrogen and oxygen atoms in total. The maximum Gasteiger partial charge on any atom is 0.322 e. The van der Waals surface area contributed by atoms with Crippen molar-refractivity contribution in [1.29, 1.82) is 0 Å². The van der Waals surface area contributed by atoms with E-state index < -0.39 is 11.7 Å². The zero-order valence-electron chi connectivity index (χ0n) is 11.1. The summed E-state index contributed by atoms with van der Waals surface area (Å²) in [5.74, 6) is -1.01. The minimum absolute atomic E-state index is 0.0915. The van der Waals surface area contributed by atoms with Crippen LogP contribution in [0.4, 0.5) is 10.4 Å². The predicted octanol–water partition coefficient (Wildman–Crippen LogP) is 3.89. The van der Waals surface area contributed by atoms with Gasteiger partial charge in [-0.2, -0.15) is 0 Å². The number of rotatable bonds is 3. The third-order valence-corrected chi connectivity index (χ3v) is 3.38. The lowest BCUT2D eigenvalue weighted by molar-refractivity contribution is 0.102. The summed E-state index contributed by atoms with van der Waals surface area (Å²) in [5, 5.41) is 9.94. The van der Waals surface area contributed by atoms with Crippen LogP contribution in [0.3, 0.4) is 0 Å². The van der Waals surface area contributed by atoms with Gasteiger partial charge in [0.05, 0.1) is 5.56 Å². The van der Waals surface area contributed by atoms with Gasteiger partial charge in [0.1, 0.15) is 5.82 Å². The number of carbonyl (C=O) groups is 1. The number of carbonyl (C=O) groups excluding carboxylic acids is 1. The Hall–Kier alpha value is -2.54. The number of amides is 1. The molecule has 7 heteroatoms. The lowest BCUT2D eigenvalue weighted by Gasteiger charge is -2.01. The molecule has 0 atom stereocenters. The van der Waals surface area contributed by atoms with E-state index in [2.05, 4.69) is 31.4 Å². The van der Waals surface area contributed by atoms with Crippen molar-refractivity contribution in [3.63, 3.8) is 0 Å². The summed E-state index contributed by atoms with van der Waals surface area (Å²) in [5.41, 5.74) is 0.619. The number of halogens is 2. The Kier molecular flexibility index (Phi) is 3.97. The molecule has 3 aromatic rings. The lowest BCUT2D eigenvalue weighted by atomic mass is 10.2. The summed E-state index contributed by atoms with van der Waals surface area (Å²) < 4.78 is 19.8. The average Bonchev–Trinajstić information content (AvgIpc) is 2.97. The molecular formula is C15H9BrFN3O2. The minimum Gasteiger partial charge on any atom is -0.403 e. The molecule has 0 spiro atoms. The molecule has 22 heavy (non-hydrogen) atoms. The van der Waals surface area contributed by atoms with E-state index in [4.69, 9.17) is 4.42 Å². The van der Waals surface area contributed by atoms with Crippen molar-refractivity contribution in [2.45, 2.75) is 0 Å². The second kappa shape index (κ2) is 6.07. The molecule has 0 unspecified atom stereocenters. The molecule has 1 heterocycles. The summed E-state index contributed by atoms with van der Waals surface area (Å²) in [6.45, 7) is 0. The summed E-state index contributed by atoms with van der Waals surface area (Å²) in [6.07, 6.45) is 0. The summed E-state index contributed by atoms with van der Waals surface area (Å²) in [6, 6.07) is 12.8. The quantitative estimate of drug-likeness (QED) is 0.768. The largest absolute Gasteiger partial charge is 0.403 e. The summed E-state index contributed by atoms with van der Waals surface area (Å²) >= 11 is 3.33. The fraction of sp³-hybridized carbons (Fsp3) is 0. The molecule has 0 radical (unpaired) electrons. The van der Waals surface area contributed by atoms with Crippen molar-refractivity contribution in [3.05, 3.63) is 64.4 Å². The van der Waals surface area contributed by atoms with E-state index in [1.54, 1.807) is 18.2 Å². The first-order chi connectivity index (χ1) is 10.6. The maximum absolute atomic E-state index is 13.5. The number of nitrogens with zero attached hydrogens (tertiary/aromatic N) is 2. The third-order valence-electron chi connectivity index (χ3n) is 2.86. The highest BCUT2D eigenvalue weighted by Gasteiger charge is 2.15. The topological polar surface area (TPSA) is 68.0 Å². The van der Waals surface area contributed by atoms with Crippen molar-refractivity contribution >= 4 is 27.9 Å². The minimum atomic E-state index is -0.649.